The van der Waals surface area contributed by atoms with Crippen LogP contribution in [0.4, 0.5) is 4.39 Å². The highest BCUT2D eigenvalue weighted by Crippen LogP contribution is 2.21. The molecule has 3 rings (SSSR count). The van der Waals surface area contributed by atoms with E-state index in [9.17, 15) is 23.6 Å². The van der Waals surface area contributed by atoms with Crippen LogP contribution in [0.3, 0.4) is 0 Å². The van der Waals surface area contributed by atoms with Crippen LogP contribution in [0.25, 0.3) is 0 Å². The van der Waals surface area contributed by atoms with Gasteiger partial charge in [0.2, 0.25) is 11.6 Å². The van der Waals surface area contributed by atoms with Crippen LogP contribution in [0.2, 0.25) is 0 Å². The lowest BCUT2D eigenvalue weighted by molar-refractivity contribution is -0.121. The van der Waals surface area contributed by atoms with Crippen LogP contribution in [-0.4, -0.2) is 57.7 Å². The summed E-state index contributed by atoms with van der Waals surface area (Å²) < 4.78 is 51.6. The lowest BCUT2D eigenvalue weighted by Crippen LogP contribution is -2.46. The van der Waals surface area contributed by atoms with Crippen molar-refractivity contribution in [1.29, 1.82) is 0 Å². The smallest absolute Gasteiger partial charge is 0.309 e. The number of carbonyl (C=O) groups is 3. The van der Waals surface area contributed by atoms with E-state index in [0.29, 0.717) is 5.56 Å². The molecule has 14 heteroatoms. The van der Waals surface area contributed by atoms with Crippen molar-refractivity contribution in [3.8, 4) is 5.75 Å². The number of aryl methyl sites for hydroxylation is 1. The van der Waals surface area contributed by atoms with E-state index in [0.717, 1.165) is 4.57 Å². The number of benzene rings is 1. The Morgan fingerprint density at radius 2 is 1.90 bits per heavy atom. The number of hydrogen-bond acceptors (Lipinski definition) is 10. The highest BCUT2D eigenvalue weighted by Gasteiger charge is 2.33. The van der Waals surface area contributed by atoms with E-state index in [-0.39, 0.29) is 25.4 Å². The molecule has 0 fully saturated rings. The molecule has 0 radical (unpaired) electrons. The lowest BCUT2D eigenvalue weighted by Gasteiger charge is -2.27. The molecule has 2 aromatic heterocycles. The van der Waals surface area contributed by atoms with Crippen LogP contribution in [0.15, 0.2) is 33.5 Å². The predicted octanol–water partition coefficient (Wildman–Crippen LogP) is 1.19. The first-order chi connectivity index (χ1) is 19.6. The topological polar surface area (TPSA) is 168 Å². The van der Waals surface area contributed by atoms with Gasteiger partial charge in [-0.15, -0.1) is 10.2 Å². The monoisotopic (exact) mass is 547 g/mol. The Hall–Kier alpha value is -4.46. The van der Waals surface area contributed by atoms with E-state index >= 15 is 0 Å². The fraction of sp³-hybridized carbons (Fsp3) is 0.400. The molecule has 0 saturated carbocycles. The van der Waals surface area contributed by atoms with E-state index in [2.05, 4.69) is 25.8 Å². The van der Waals surface area contributed by atoms with E-state index < -0.39 is 71.2 Å². The van der Waals surface area contributed by atoms with Crippen LogP contribution in [-0.2, 0) is 28.7 Å². The van der Waals surface area contributed by atoms with Gasteiger partial charge in [-0.25, -0.2) is 9.37 Å². The number of methoxy groups -OCH3 is 1. The maximum atomic E-state index is 13.4. The molecule has 0 atom stereocenters. The zero-order valence-electron chi connectivity index (χ0n) is 24.7. The van der Waals surface area contributed by atoms with Gasteiger partial charge in [-0.3, -0.25) is 23.7 Å². The van der Waals surface area contributed by atoms with Gasteiger partial charge in [0.1, 0.15) is 18.2 Å². The van der Waals surface area contributed by atoms with Gasteiger partial charge in [0.25, 0.3) is 11.5 Å². The Balaban J connectivity index is 1.96. The Kier molecular flexibility index (Phi) is 7.89. The summed E-state index contributed by atoms with van der Waals surface area (Å²) in [6, 6.07) is 5.34. The number of Topliss-reactive ketones (excluding diaryl/α,β-unsaturated/α-hetero) is 1. The lowest BCUT2D eigenvalue weighted by atomic mass is 10.0. The van der Waals surface area contributed by atoms with Gasteiger partial charge in [-0.1, -0.05) is 12.1 Å². The van der Waals surface area contributed by atoms with E-state index in [4.69, 9.17) is 18.0 Å². The highest BCUT2D eigenvalue weighted by atomic mass is 19.1. The minimum Gasteiger partial charge on any atom is -0.478 e. The Morgan fingerprint density at radius 1 is 1.18 bits per heavy atom. The molecule has 13 nitrogen and oxygen atoms in total. The van der Waals surface area contributed by atoms with E-state index in [1.54, 1.807) is 0 Å². The number of nitrogens with one attached hydrogen (secondary N) is 2. The summed E-state index contributed by atoms with van der Waals surface area (Å²) in [5.74, 6) is -4.68. The van der Waals surface area contributed by atoms with Crippen LogP contribution < -0.4 is 20.9 Å². The molecule has 39 heavy (non-hydrogen) atoms. The standard InChI is InChI=1S/C25H29FN6O7/c1-14-30-31-22(39-14)21(35)29-25(2,3)24-28-18(20(34)27-12-15-6-8-16(26)9-7-15)19(23(36)32(24)4)38-13-17(33)10-11-37-5/h6-9H,10-13H2,1-5H3,(H,27,34)(H,29,35)/i1D3. The average molecular weight is 548 g/mol. The minimum atomic E-state index is -2.73. The fourth-order valence-electron chi connectivity index (χ4n) is 3.44. The number of ketones is 1. The molecule has 2 heterocycles. The second-order valence-electron chi connectivity index (χ2n) is 8.85. The largest absolute Gasteiger partial charge is 0.478 e. The molecule has 3 aromatic rings. The number of hydrogen-bond donors (Lipinski definition) is 2. The molecule has 1 aromatic carbocycles. The number of amides is 2. The summed E-state index contributed by atoms with van der Waals surface area (Å²) in [6.45, 7) is -0.277. The first-order valence-electron chi connectivity index (χ1n) is 13.1. The van der Waals surface area contributed by atoms with Crippen molar-refractivity contribution in [1.82, 2.24) is 30.4 Å². The molecule has 0 spiro atoms. The average Bonchev–Trinajstić information content (AvgIpc) is 3.43. The number of nitrogens with zero attached hydrogens (tertiary/aromatic N) is 4. The van der Waals surface area contributed by atoms with Crippen molar-refractivity contribution in [2.24, 2.45) is 7.05 Å². The molecular formula is C25H29FN6O7. The molecule has 2 amide bonds. The molecule has 0 aliphatic carbocycles. The summed E-state index contributed by atoms with van der Waals surface area (Å²) in [4.78, 5) is 56.0. The Bertz CT molecular complexity index is 1520. The summed E-state index contributed by atoms with van der Waals surface area (Å²) in [7, 11) is 2.74. The van der Waals surface area contributed by atoms with Gasteiger partial charge in [-0.05, 0) is 31.5 Å². The van der Waals surface area contributed by atoms with E-state index in [1.807, 2.05) is 0 Å². The molecule has 0 bridgehead atoms. The number of halogens is 1. The maximum Gasteiger partial charge on any atom is 0.309 e. The van der Waals surface area contributed by atoms with Crippen molar-refractivity contribution >= 4 is 17.6 Å². The zero-order valence-corrected chi connectivity index (χ0v) is 21.7. The van der Waals surface area contributed by atoms with Gasteiger partial charge in [-0.2, -0.15) is 0 Å². The fourth-order valence-corrected chi connectivity index (χ4v) is 3.44. The number of rotatable bonds is 12. The quantitative estimate of drug-likeness (QED) is 0.336. The third-order valence-corrected chi connectivity index (χ3v) is 5.40. The SMILES string of the molecule is [2H]C([2H])([2H])c1nnc(C(=O)NC(C)(C)c2nc(C(=O)NCc3ccc(F)cc3)c(OCC(=O)CCOC)c(=O)n2C)o1. The Morgan fingerprint density at radius 3 is 2.54 bits per heavy atom. The summed E-state index contributed by atoms with van der Waals surface area (Å²) in [6.07, 6.45) is 0.00660. The first-order valence-corrected chi connectivity index (χ1v) is 11.6. The normalized spacial score (nSPS) is 12.7. The van der Waals surface area contributed by atoms with Crippen molar-refractivity contribution in [2.45, 2.75) is 39.2 Å². The third-order valence-electron chi connectivity index (χ3n) is 5.40. The molecule has 0 aliphatic rings. The Labute approximate surface area is 226 Å². The highest BCUT2D eigenvalue weighted by molar-refractivity contribution is 5.95. The minimum absolute atomic E-state index is 0.00660. The third kappa shape index (κ3) is 7.31. The summed E-state index contributed by atoms with van der Waals surface area (Å²) in [5.41, 5.74) is -2.23. The van der Waals surface area contributed by atoms with Crippen LogP contribution in [0, 0.1) is 12.7 Å². The molecule has 2 N–H and O–H groups in total. The van der Waals surface area contributed by atoms with Crippen LogP contribution in [0.5, 0.6) is 5.75 Å². The van der Waals surface area contributed by atoms with Gasteiger partial charge in [0.15, 0.2) is 11.5 Å². The number of ether oxygens (including phenoxy) is 2. The van der Waals surface area contributed by atoms with Gasteiger partial charge >= 0.3 is 11.8 Å². The van der Waals surface area contributed by atoms with Crippen molar-refractivity contribution in [2.75, 3.05) is 20.3 Å². The van der Waals surface area contributed by atoms with Crippen LogP contribution in [0.1, 0.15) is 62.8 Å². The van der Waals surface area contributed by atoms with Gasteiger partial charge in [0, 0.05) is 38.1 Å². The van der Waals surface area contributed by atoms with Crippen molar-refractivity contribution in [3.05, 3.63) is 69.3 Å². The van der Waals surface area contributed by atoms with Gasteiger partial charge in [0.05, 0.1) is 12.1 Å². The summed E-state index contributed by atoms with van der Waals surface area (Å²) in [5, 5.41) is 11.9. The number of carbonyl (C=O) groups excluding carboxylic acids is 3. The van der Waals surface area contributed by atoms with E-state index in [1.165, 1.54) is 52.3 Å². The molecule has 0 unspecified atom stereocenters. The predicted molar refractivity (Wildman–Crippen MR) is 134 cm³/mol. The molecule has 0 saturated heterocycles. The molecule has 0 aliphatic heterocycles. The van der Waals surface area contributed by atoms with Gasteiger partial charge < -0.3 is 24.5 Å². The second kappa shape index (κ2) is 12.4. The summed E-state index contributed by atoms with van der Waals surface area (Å²) >= 11 is 0. The van der Waals surface area contributed by atoms with Crippen molar-refractivity contribution in [3.63, 3.8) is 0 Å². The first kappa shape index (κ1) is 24.9. The molecule has 208 valence electrons. The zero-order chi connectivity index (χ0) is 31.2. The maximum absolute atomic E-state index is 13.4. The number of aromatic nitrogens is 4. The van der Waals surface area contributed by atoms with Crippen molar-refractivity contribution < 1.29 is 36.8 Å². The second-order valence-corrected chi connectivity index (χ2v) is 8.85. The van der Waals surface area contributed by atoms with Crippen LogP contribution >= 0.6 is 0 Å². The molecular weight excluding hydrogens is 515 g/mol.